The van der Waals surface area contributed by atoms with E-state index in [2.05, 4.69) is 4.99 Å². The van der Waals surface area contributed by atoms with E-state index in [0.717, 1.165) is 0 Å². The lowest BCUT2D eigenvalue weighted by atomic mass is 10.5. The Morgan fingerprint density at radius 2 is 2.67 bits per heavy atom. The molecule has 0 amide bonds. The first-order valence-electron chi connectivity index (χ1n) is 2.40. The molecule has 0 atom stereocenters. The van der Waals surface area contributed by atoms with Gasteiger partial charge in [-0.3, -0.25) is 0 Å². The van der Waals surface area contributed by atoms with Gasteiger partial charge in [-0.1, -0.05) is 0 Å². The van der Waals surface area contributed by atoms with Crippen molar-refractivity contribution in [2.75, 3.05) is 6.54 Å². The van der Waals surface area contributed by atoms with E-state index in [1.807, 2.05) is 6.19 Å². The number of nitrogens with zero attached hydrogens (tertiary/aromatic N) is 3. The van der Waals surface area contributed by atoms with Crippen molar-refractivity contribution in [3.05, 3.63) is 12.3 Å². The molecule has 0 fully saturated rings. The van der Waals surface area contributed by atoms with Crippen molar-refractivity contribution in [2.24, 2.45) is 4.99 Å². The number of rotatable bonds is 0. The fourth-order valence-corrected chi connectivity index (χ4v) is 0.657. The van der Waals surface area contributed by atoms with E-state index < -0.39 is 0 Å². The average Bonchev–Trinajstić information content (AvgIpc) is 1.89. The van der Waals surface area contributed by atoms with Crippen molar-refractivity contribution in [1.82, 2.24) is 4.90 Å². The number of aliphatic imine (C=N–C) groups is 1. The molecule has 0 radical (unpaired) electrons. The van der Waals surface area contributed by atoms with Crippen LogP contribution in [0.15, 0.2) is 17.3 Å². The molecule has 0 aromatic carbocycles. The van der Waals surface area contributed by atoms with E-state index in [0.29, 0.717) is 6.54 Å². The fraction of sp³-hybridized carbons (Fsp3) is 0.200. The van der Waals surface area contributed by atoms with Crippen LogP contribution in [0.5, 0.6) is 0 Å². The second-order valence-corrected chi connectivity index (χ2v) is 1.83. The van der Waals surface area contributed by atoms with Gasteiger partial charge in [-0.05, 0) is 17.7 Å². The topological polar surface area (TPSA) is 39.4 Å². The minimum absolute atomic E-state index is 0.236. The molecule has 3 nitrogen and oxygen atoms in total. The molecule has 4 heteroatoms. The van der Waals surface area contributed by atoms with E-state index in [9.17, 15) is 0 Å². The molecule has 0 aromatic rings. The number of nitriles is 1. The van der Waals surface area contributed by atoms with Crippen LogP contribution in [-0.4, -0.2) is 16.7 Å². The Labute approximate surface area is 57.9 Å². The molecule has 9 heavy (non-hydrogen) atoms. The maximum Gasteiger partial charge on any atom is 0.212 e. The van der Waals surface area contributed by atoms with Crippen molar-refractivity contribution in [3.8, 4) is 6.19 Å². The Morgan fingerprint density at radius 3 is 3.11 bits per heavy atom. The summed E-state index contributed by atoms with van der Waals surface area (Å²) in [7, 11) is 0. The summed E-state index contributed by atoms with van der Waals surface area (Å²) < 4.78 is 0. The maximum atomic E-state index is 8.34. The summed E-state index contributed by atoms with van der Waals surface area (Å²) in [6, 6.07) is 0. The summed E-state index contributed by atoms with van der Waals surface area (Å²) in [6.07, 6.45) is 5.21. The Bertz CT molecular complexity index is 201. The molecule has 0 aromatic heterocycles. The lowest BCUT2D eigenvalue weighted by molar-refractivity contribution is 0.645. The number of halogens is 1. The van der Waals surface area contributed by atoms with Crippen LogP contribution in [-0.2, 0) is 0 Å². The lowest BCUT2D eigenvalue weighted by Gasteiger charge is -2.11. The van der Waals surface area contributed by atoms with Crippen molar-refractivity contribution in [3.63, 3.8) is 0 Å². The lowest BCUT2D eigenvalue weighted by Crippen LogP contribution is -2.23. The summed E-state index contributed by atoms with van der Waals surface area (Å²) in [6.45, 7) is 0.527. The quantitative estimate of drug-likeness (QED) is 0.371. The van der Waals surface area contributed by atoms with Gasteiger partial charge in [-0.15, -0.1) is 0 Å². The van der Waals surface area contributed by atoms with Crippen molar-refractivity contribution in [1.29, 1.82) is 5.26 Å². The summed E-state index contributed by atoms with van der Waals surface area (Å²) in [5.41, 5.74) is 0. The Kier molecular flexibility index (Phi) is 1.71. The molecule has 1 rings (SSSR count). The maximum absolute atomic E-state index is 8.34. The van der Waals surface area contributed by atoms with Gasteiger partial charge in [0, 0.05) is 6.20 Å². The van der Waals surface area contributed by atoms with Gasteiger partial charge < -0.3 is 0 Å². The molecular formula is C5H4ClN3. The van der Waals surface area contributed by atoms with Crippen LogP contribution in [0.2, 0.25) is 0 Å². The largest absolute Gasteiger partial charge is 0.249 e. The summed E-state index contributed by atoms with van der Waals surface area (Å²) >= 11 is 5.48. The van der Waals surface area contributed by atoms with E-state index in [1.165, 1.54) is 4.90 Å². The molecule has 0 N–H and O–H groups in total. The average molecular weight is 142 g/mol. The van der Waals surface area contributed by atoms with Crippen LogP contribution in [0.1, 0.15) is 0 Å². The minimum Gasteiger partial charge on any atom is -0.249 e. The van der Waals surface area contributed by atoms with Gasteiger partial charge in [0.2, 0.25) is 5.29 Å². The summed E-state index contributed by atoms with van der Waals surface area (Å²) in [5.74, 6) is 0. The molecule has 1 aliphatic rings. The highest BCUT2D eigenvalue weighted by atomic mass is 35.5. The van der Waals surface area contributed by atoms with Crippen molar-refractivity contribution >= 4 is 16.9 Å². The number of hydrogen-bond acceptors (Lipinski definition) is 3. The molecule has 0 unspecified atom stereocenters. The first-order valence-corrected chi connectivity index (χ1v) is 2.78. The van der Waals surface area contributed by atoms with Crippen LogP contribution >= 0.6 is 11.6 Å². The monoisotopic (exact) mass is 141 g/mol. The third-order valence-electron chi connectivity index (χ3n) is 0.918. The third kappa shape index (κ3) is 1.21. The smallest absolute Gasteiger partial charge is 0.212 e. The van der Waals surface area contributed by atoms with Gasteiger partial charge in [0.15, 0.2) is 6.19 Å². The fourth-order valence-electron chi connectivity index (χ4n) is 0.494. The van der Waals surface area contributed by atoms with Gasteiger partial charge in [-0.2, -0.15) is 5.26 Å². The zero-order valence-electron chi connectivity index (χ0n) is 4.58. The van der Waals surface area contributed by atoms with Gasteiger partial charge >= 0.3 is 0 Å². The van der Waals surface area contributed by atoms with E-state index in [4.69, 9.17) is 16.9 Å². The molecule has 0 spiro atoms. The van der Waals surface area contributed by atoms with Gasteiger partial charge in [0.05, 0.1) is 6.54 Å². The molecule has 46 valence electrons. The predicted octanol–water partition coefficient (Wildman–Crippen LogP) is 0.892. The molecule has 1 heterocycles. The SMILES string of the molecule is N#CN1CC=CN=C1Cl. The van der Waals surface area contributed by atoms with E-state index in [-0.39, 0.29) is 5.29 Å². The standard InChI is InChI=1S/C5H4ClN3/c6-5-8-2-1-3-9(5)4-7/h1-2H,3H2. The van der Waals surface area contributed by atoms with Crippen LogP contribution in [0, 0.1) is 11.5 Å². The highest BCUT2D eigenvalue weighted by molar-refractivity contribution is 6.64. The molecular weight excluding hydrogens is 138 g/mol. The molecule has 0 saturated heterocycles. The molecule has 0 aliphatic carbocycles. The van der Waals surface area contributed by atoms with Gasteiger partial charge in [0.25, 0.3) is 0 Å². The van der Waals surface area contributed by atoms with Crippen LogP contribution < -0.4 is 0 Å². The third-order valence-corrected chi connectivity index (χ3v) is 1.22. The first kappa shape index (κ1) is 6.12. The Morgan fingerprint density at radius 1 is 1.89 bits per heavy atom. The van der Waals surface area contributed by atoms with Crippen LogP contribution in [0.4, 0.5) is 0 Å². The first-order chi connectivity index (χ1) is 4.34. The highest BCUT2D eigenvalue weighted by Crippen LogP contribution is 2.01. The summed E-state index contributed by atoms with van der Waals surface area (Å²) in [5, 5.41) is 8.57. The number of hydrogen-bond donors (Lipinski definition) is 0. The van der Waals surface area contributed by atoms with Crippen LogP contribution in [0.3, 0.4) is 0 Å². The van der Waals surface area contributed by atoms with Gasteiger partial charge in [0.1, 0.15) is 0 Å². The van der Waals surface area contributed by atoms with Crippen molar-refractivity contribution in [2.45, 2.75) is 0 Å². The van der Waals surface area contributed by atoms with Crippen LogP contribution in [0.25, 0.3) is 0 Å². The zero-order valence-corrected chi connectivity index (χ0v) is 5.34. The Balaban J connectivity index is 2.73. The second-order valence-electron chi connectivity index (χ2n) is 1.49. The predicted molar refractivity (Wildman–Crippen MR) is 34.7 cm³/mol. The number of amidine groups is 1. The zero-order chi connectivity index (χ0) is 6.69. The molecule has 0 saturated carbocycles. The minimum atomic E-state index is 0.236. The van der Waals surface area contributed by atoms with Crippen molar-refractivity contribution < 1.29 is 0 Å². The second kappa shape index (κ2) is 2.51. The highest BCUT2D eigenvalue weighted by Gasteiger charge is 2.06. The van der Waals surface area contributed by atoms with E-state index >= 15 is 0 Å². The molecule has 1 aliphatic heterocycles. The van der Waals surface area contributed by atoms with Gasteiger partial charge in [-0.25, -0.2) is 9.89 Å². The van der Waals surface area contributed by atoms with E-state index in [1.54, 1.807) is 12.3 Å². The normalized spacial score (nSPS) is 16.9. The summed E-state index contributed by atoms with van der Waals surface area (Å²) in [4.78, 5) is 4.98. The Hall–Kier alpha value is -1.01. The molecule has 0 bridgehead atoms.